The number of aryl methyl sites for hydroxylation is 1. The number of carboxylic acids is 1. The van der Waals surface area contributed by atoms with Gasteiger partial charge in [0.15, 0.2) is 0 Å². The summed E-state index contributed by atoms with van der Waals surface area (Å²) in [5, 5.41) is 11.4. The maximum absolute atomic E-state index is 10.5. The molecule has 0 aliphatic heterocycles. The zero-order chi connectivity index (χ0) is 13.0. The summed E-state index contributed by atoms with van der Waals surface area (Å²) < 4.78 is 0. The molecule has 0 spiro atoms. The van der Waals surface area contributed by atoms with Crippen molar-refractivity contribution >= 4 is 29.5 Å². The van der Waals surface area contributed by atoms with Crippen molar-refractivity contribution in [3.05, 3.63) is 51.5 Å². The Hall–Kier alpha value is -1.94. The Balaban J connectivity index is 2.15. The first-order valence-corrected chi connectivity index (χ1v) is 6.36. The van der Waals surface area contributed by atoms with E-state index in [2.05, 4.69) is 4.98 Å². The number of carboxylic acid groups (broad SMARTS) is 1. The first-order valence-electron chi connectivity index (χ1n) is 5.54. The zero-order valence-electron chi connectivity index (χ0n) is 9.92. The van der Waals surface area contributed by atoms with Gasteiger partial charge < -0.3 is 9.90 Å². The Morgan fingerprint density at radius 1 is 1.33 bits per heavy atom. The summed E-state index contributed by atoms with van der Waals surface area (Å²) in [7, 11) is 0. The van der Waals surface area contributed by atoms with Crippen LogP contribution in [0.15, 0.2) is 30.3 Å². The second-order valence-electron chi connectivity index (χ2n) is 3.85. The van der Waals surface area contributed by atoms with Gasteiger partial charge in [0.2, 0.25) is 0 Å². The second-order valence-corrected chi connectivity index (χ2v) is 5.08. The molecule has 0 saturated heterocycles. The van der Waals surface area contributed by atoms with Crippen molar-refractivity contribution in [2.24, 2.45) is 0 Å². The van der Waals surface area contributed by atoms with Crippen molar-refractivity contribution in [2.75, 3.05) is 0 Å². The van der Waals surface area contributed by atoms with Gasteiger partial charge in [-0.2, -0.15) is 0 Å². The van der Waals surface area contributed by atoms with Crippen molar-refractivity contribution in [3.63, 3.8) is 0 Å². The molecule has 0 saturated carbocycles. The highest BCUT2D eigenvalue weighted by molar-refractivity contribution is 7.12. The topological polar surface area (TPSA) is 53.0 Å². The van der Waals surface area contributed by atoms with E-state index in [9.17, 15) is 9.90 Å². The van der Waals surface area contributed by atoms with Crippen LogP contribution in [0.5, 0.6) is 0 Å². The highest BCUT2D eigenvalue weighted by Gasteiger charge is 2.05. The smallest absolute Gasteiger partial charge is 0.116 e. The molecular weight excluding hydrogens is 246 g/mol. The molecule has 0 fully saturated rings. The van der Waals surface area contributed by atoms with Crippen LogP contribution < -0.4 is 5.11 Å². The third-order valence-corrected chi connectivity index (χ3v) is 3.42. The van der Waals surface area contributed by atoms with E-state index >= 15 is 0 Å². The Bertz CT molecular complexity index is 573. The lowest BCUT2D eigenvalue weighted by Gasteiger charge is -1.97. The fourth-order valence-corrected chi connectivity index (χ4v) is 2.40. The largest absolute Gasteiger partial charge is 0.550 e. The maximum Gasteiger partial charge on any atom is 0.116 e. The number of benzene rings is 1. The summed E-state index contributed by atoms with van der Waals surface area (Å²) in [5.41, 5.74) is 1.68. The number of hydrogen-bond donors (Lipinski definition) is 0. The SMILES string of the molecule is Cc1sc(/C=C/c2ccccc2)nc1CC(=O)[O-]. The molecule has 1 heterocycles. The highest BCUT2D eigenvalue weighted by Crippen LogP contribution is 2.20. The Labute approximate surface area is 109 Å². The molecule has 0 unspecified atom stereocenters. The first kappa shape index (κ1) is 12.5. The van der Waals surface area contributed by atoms with E-state index < -0.39 is 5.97 Å². The quantitative estimate of drug-likeness (QED) is 0.841. The molecule has 2 rings (SSSR count). The molecule has 0 atom stereocenters. The molecule has 3 nitrogen and oxygen atoms in total. The highest BCUT2D eigenvalue weighted by atomic mass is 32.1. The predicted molar refractivity (Wildman–Crippen MR) is 70.9 cm³/mol. The van der Waals surface area contributed by atoms with E-state index in [1.54, 1.807) is 0 Å². The maximum atomic E-state index is 10.5. The van der Waals surface area contributed by atoms with Gasteiger partial charge >= 0.3 is 0 Å². The number of thiazole rings is 1. The molecule has 4 heteroatoms. The Morgan fingerprint density at radius 2 is 2.06 bits per heavy atom. The van der Waals surface area contributed by atoms with Gasteiger partial charge in [-0.25, -0.2) is 4.98 Å². The Kier molecular flexibility index (Phi) is 3.89. The molecule has 0 radical (unpaired) electrons. The van der Waals surface area contributed by atoms with Crippen molar-refractivity contribution in [2.45, 2.75) is 13.3 Å². The fraction of sp³-hybridized carbons (Fsp3) is 0.143. The zero-order valence-corrected chi connectivity index (χ0v) is 10.7. The van der Waals surface area contributed by atoms with Crippen LogP contribution in [-0.2, 0) is 11.2 Å². The second kappa shape index (κ2) is 5.60. The number of aliphatic carboxylic acids is 1. The van der Waals surface area contributed by atoms with Gasteiger partial charge in [-0.3, -0.25) is 0 Å². The molecule has 1 aromatic carbocycles. The summed E-state index contributed by atoms with van der Waals surface area (Å²) >= 11 is 1.49. The summed E-state index contributed by atoms with van der Waals surface area (Å²) in [6.07, 6.45) is 3.73. The number of carbonyl (C=O) groups excluding carboxylic acids is 1. The first-order chi connectivity index (χ1) is 8.65. The molecule has 0 aliphatic carbocycles. The molecule has 0 bridgehead atoms. The van der Waals surface area contributed by atoms with Crippen molar-refractivity contribution < 1.29 is 9.90 Å². The lowest BCUT2D eigenvalue weighted by atomic mass is 10.2. The molecule has 0 aliphatic rings. The van der Waals surface area contributed by atoms with Crippen molar-refractivity contribution in [1.82, 2.24) is 4.98 Å². The van der Waals surface area contributed by atoms with Gasteiger partial charge in [0.25, 0.3) is 0 Å². The third-order valence-electron chi connectivity index (χ3n) is 2.44. The van der Waals surface area contributed by atoms with Crippen LogP contribution in [0.1, 0.15) is 21.1 Å². The van der Waals surface area contributed by atoms with Crippen LogP contribution in [0.2, 0.25) is 0 Å². The van der Waals surface area contributed by atoms with Gasteiger partial charge in [0.1, 0.15) is 5.01 Å². The number of rotatable bonds is 4. The van der Waals surface area contributed by atoms with Crippen LogP contribution >= 0.6 is 11.3 Å². The van der Waals surface area contributed by atoms with Crippen LogP contribution in [0, 0.1) is 6.92 Å². The fourth-order valence-electron chi connectivity index (χ4n) is 1.55. The van der Waals surface area contributed by atoms with E-state index in [1.807, 2.05) is 49.4 Å². The minimum atomic E-state index is -1.10. The minimum absolute atomic E-state index is 0.124. The van der Waals surface area contributed by atoms with Crippen LogP contribution in [0.4, 0.5) is 0 Å². The number of aromatic nitrogens is 1. The van der Waals surface area contributed by atoms with E-state index in [-0.39, 0.29) is 6.42 Å². The molecule has 0 amide bonds. The molecule has 0 N–H and O–H groups in total. The van der Waals surface area contributed by atoms with Crippen molar-refractivity contribution in [1.29, 1.82) is 0 Å². The number of carbonyl (C=O) groups is 1. The lowest BCUT2D eigenvalue weighted by Crippen LogP contribution is -2.24. The molecular formula is C14H12NO2S-. The van der Waals surface area contributed by atoms with Gasteiger partial charge in [0, 0.05) is 17.3 Å². The van der Waals surface area contributed by atoms with Gasteiger partial charge in [-0.1, -0.05) is 36.4 Å². The normalized spacial score (nSPS) is 10.9. The monoisotopic (exact) mass is 258 g/mol. The summed E-state index contributed by atoms with van der Waals surface area (Å²) in [5.74, 6) is -1.10. The van der Waals surface area contributed by atoms with E-state index in [0.29, 0.717) is 5.69 Å². The number of nitrogens with zero attached hydrogens (tertiary/aromatic N) is 1. The molecule has 1 aromatic heterocycles. The standard InChI is InChI=1S/C14H13NO2S/c1-10-12(9-14(16)17)15-13(18-10)8-7-11-5-3-2-4-6-11/h2-8H,9H2,1H3,(H,16,17)/p-1/b8-7+. The summed E-state index contributed by atoms with van der Waals surface area (Å²) in [6, 6.07) is 9.89. The van der Waals surface area contributed by atoms with Gasteiger partial charge in [-0.15, -0.1) is 11.3 Å². The van der Waals surface area contributed by atoms with Gasteiger partial charge in [-0.05, 0) is 18.6 Å². The average Bonchev–Trinajstić information content (AvgIpc) is 2.68. The summed E-state index contributed by atoms with van der Waals surface area (Å²) in [6.45, 7) is 1.87. The lowest BCUT2D eigenvalue weighted by molar-refractivity contribution is -0.304. The van der Waals surface area contributed by atoms with Crippen LogP contribution in [-0.4, -0.2) is 11.0 Å². The average molecular weight is 258 g/mol. The molecule has 2 aromatic rings. The minimum Gasteiger partial charge on any atom is -0.550 e. The van der Waals surface area contributed by atoms with E-state index in [0.717, 1.165) is 15.4 Å². The van der Waals surface area contributed by atoms with Gasteiger partial charge in [0.05, 0.1) is 5.69 Å². The predicted octanol–water partition coefficient (Wildman–Crippen LogP) is 1.91. The summed E-state index contributed by atoms with van der Waals surface area (Å²) in [4.78, 5) is 15.7. The Morgan fingerprint density at radius 3 is 2.72 bits per heavy atom. The van der Waals surface area contributed by atoms with E-state index in [1.165, 1.54) is 11.3 Å². The number of hydrogen-bond acceptors (Lipinski definition) is 4. The van der Waals surface area contributed by atoms with Crippen LogP contribution in [0.25, 0.3) is 12.2 Å². The van der Waals surface area contributed by atoms with Crippen LogP contribution in [0.3, 0.4) is 0 Å². The third kappa shape index (κ3) is 3.28. The van der Waals surface area contributed by atoms with E-state index in [4.69, 9.17) is 0 Å². The van der Waals surface area contributed by atoms with Crippen molar-refractivity contribution in [3.8, 4) is 0 Å². The molecule has 92 valence electrons. The molecule has 18 heavy (non-hydrogen) atoms.